The van der Waals surface area contributed by atoms with Crippen LogP contribution in [0.3, 0.4) is 0 Å². The van der Waals surface area contributed by atoms with E-state index >= 15 is 0 Å². The minimum Gasteiger partial charge on any atom is -0.379 e. The second kappa shape index (κ2) is 7.77. The maximum atomic E-state index is 12.6. The molecule has 1 atom stereocenters. The van der Waals surface area contributed by atoms with Gasteiger partial charge >= 0.3 is 0 Å². The molecular weight excluding hydrogens is 304 g/mol. The minimum absolute atomic E-state index is 0.116. The van der Waals surface area contributed by atoms with Crippen molar-refractivity contribution in [2.45, 2.75) is 26.3 Å². The molecule has 1 aromatic heterocycles. The second-order valence-corrected chi connectivity index (χ2v) is 6.76. The minimum atomic E-state index is -0.116. The van der Waals surface area contributed by atoms with Gasteiger partial charge in [-0.25, -0.2) is 0 Å². The molecule has 0 unspecified atom stereocenters. The number of carbonyl (C=O) groups excluding carboxylic acids is 1. The third-order valence-electron chi connectivity index (χ3n) is 4.49. The molecule has 0 radical (unpaired) electrons. The van der Waals surface area contributed by atoms with Gasteiger partial charge in [0.25, 0.3) is 5.91 Å². The fraction of sp³-hybridized carbons (Fsp3) is 0.556. The van der Waals surface area contributed by atoms with E-state index in [1.165, 1.54) is 0 Å². The van der Waals surface area contributed by atoms with Crippen LogP contribution < -0.4 is 5.32 Å². The zero-order valence-corrected chi connectivity index (χ0v) is 14.4. The van der Waals surface area contributed by atoms with E-state index in [-0.39, 0.29) is 5.91 Å². The molecule has 0 spiro atoms. The molecule has 1 saturated heterocycles. The molecule has 1 fully saturated rings. The number of H-pyrrole nitrogens is 1. The quantitative estimate of drug-likeness (QED) is 0.850. The van der Waals surface area contributed by atoms with Gasteiger partial charge in [0.05, 0.1) is 18.7 Å². The van der Waals surface area contributed by atoms with Gasteiger partial charge in [-0.2, -0.15) is 5.10 Å². The van der Waals surface area contributed by atoms with E-state index in [0.717, 1.165) is 43.6 Å². The zero-order valence-electron chi connectivity index (χ0n) is 14.4. The number of fused-ring (bicyclic) bond motifs is 1. The van der Waals surface area contributed by atoms with Crippen molar-refractivity contribution in [1.29, 1.82) is 0 Å². The number of ether oxygens (including phenoxy) is 1. The van der Waals surface area contributed by atoms with Crippen LogP contribution in [0.2, 0.25) is 0 Å². The molecule has 130 valence electrons. The van der Waals surface area contributed by atoms with Gasteiger partial charge in [0.1, 0.15) is 0 Å². The molecule has 1 aliphatic heterocycles. The number of carbonyl (C=O) groups is 1. The molecule has 1 amide bonds. The van der Waals surface area contributed by atoms with Gasteiger partial charge in [0.15, 0.2) is 5.69 Å². The summed E-state index contributed by atoms with van der Waals surface area (Å²) >= 11 is 0. The normalized spacial score (nSPS) is 17.3. The van der Waals surface area contributed by atoms with Crippen molar-refractivity contribution in [3.05, 3.63) is 30.0 Å². The number of benzene rings is 1. The van der Waals surface area contributed by atoms with Crippen molar-refractivity contribution in [3.8, 4) is 0 Å². The number of amides is 1. The Balaban J connectivity index is 1.65. The number of nitrogens with zero attached hydrogens (tertiary/aromatic N) is 2. The maximum absolute atomic E-state index is 12.6. The summed E-state index contributed by atoms with van der Waals surface area (Å²) in [5.74, 6) is 0.468. The summed E-state index contributed by atoms with van der Waals surface area (Å²) in [7, 11) is 0. The van der Waals surface area contributed by atoms with Gasteiger partial charge in [0, 0.05) is 31.1 Å². The van der Waals surface area contributed by atoms with E-state index in [2.05, 4.69) is 34.3 Å². The number of rotatable bonds is 6. The number of aromatic amines is 1. The number of para-hydroxylation sites is 1. The fourth-order valence-corrected chi connectivity index (χ4v) is 3.28. The second-order valence-electron chi connectivity index (χ2n) is 6.76. The first-order chi connectivity index (χ1) is 11.6. The average Bonchev–Trinajstić information content (AvgIpc) is 3.03. The molecule has 2 heterocycles. The van der Waals surface area contributed by atoms with Crippen LogP contribution in [-0.2, 0) is 4.74 Å². The molecule has 2 N–H and O–H groups in total. The van der Waals surface area contributed by atoms with Crippen LogP contribution in [0.4, 0.5) is 0 Å². The van der Waals surface area contributed by atoms with Crippen LogP contribution in [-0.4, -0.2) is 59.9 Å². The third kappa shape index (κ3) is 3.94. The number of hydrogen-bond acceptors (Lipinski definition) is 4. The number of nitrogens with one attached hydrogen (secondary N) is 2. The molecule has 2 aromatic rings. The Kier molecular flexibility index (Phi) is 5.48. The SMILES string of the molecule is CC(C)C[C@H](CNC(=O)c1n[nH]c2ccccc12)N1CCOCC1. The molecule has 6 nitrogen and oxygen atoms in total. The van der Waals surface area contributed by atoms with Crippen LogP contribution in [0.15, 0.2) is 24.3 Å². The van der Waals surface area contributed by atoms with Crippen molar-refractivity contribution >= 4 is 16.8 Å². The third-order valence-corrected chi connectivity index (χ3v) is 4.49. The Morgan fingerprint density at radius 3 is 2.83 bits per heavy atom. The lowest BCUT2D eigenvalue weighted by Gasteiger charge is -2.35. The lowest BCUT2D eigenvalue weighted by Crippen LogP contribution is -2.49. The highest BCUT2D eigenvalue weighted by molar-refractivity contribution is 6.04. The van der Waals surface area contributed by atoms with Gasteiger partial charge in [-0.15, -0.1) is 0 Å². The number of morpholine rings is 1. The highest BCUT2D eigenvalue weighted by Gasteiger charge is 2.23. The van der Waals surface area contributed by atoms with Crippen molar-refractivity contribution in [1.82, 2.24) is 20.4 Å². The van der Waals surface area contributed by atoms with Crippen LogP contribution in [0, 0.1) is 5.92 Å². The highest BCUT2D eigenvalue weighted by Crippen LogP contribution is 2.16. The summed E-state index contributed by atoms with van der Waals surface area (Å²) < 4.78 is 5.44. The monoisotopic (exact) mass is 330 g/mol. The topological polar surface area (TPSA) is 70.2 Å². The van der Waals surface area contributed by atoms with Gasteiger partial charge in [-0.1, -0.05) is 32.0 Å². The Bertz CT molecular complexity index is 676. The van der Waals surface area contributed by atoms with Gasteiger partial charge in [0.2, 0.25) is 0 Å². The number of hydrogen-bond donors (Lipinski definition) is 2. The van der Waals surface area contributed by atoms with E-state index < -0.39 is 0 Å². The van der Waals surface area contributed by atoms with Crippen molar-refractivity contribution in [3.63, 3.8) is 0 Å². The Morgan fingerprint density at radius 1 is 1.33 bits per heavy atom. The lowest BCUT2D eigenvalue weighted by atomic mass is 10.0. The fourth-order valence-electron chi connectivity index (χ4n) is 3.28. The highest BCUT2D eigenvalue weighted by atomic mass is 16.5. The lowest BCUT2D eigenvalue weighted by molar-refractivity contribution is 0.0124. The summed E-state index contributed by atoms with van der Waals surface area (Å²) in [6.45, 7) is 8.47. The van der Waals surface area contributed by atoms with Crippen LogP contribution >= 0.6 is 0 Å². The molecule has 6 heteroatoms. The summed E-state index contributed by atoms with van der Waals surface area (Å²) in [6, 6.07) is 8.03. The first kappa shape index (κ1) is 16.9. The van der Waals surface area contributed by atoms with Crippen molar-refractivity contribution in [2.75, 3.05) is 32.8 Å². The first-order valence-electron chi connectivity index (χ1n) is 8.68. The zero-order chi connectivity index (χ0) is 16.9. The predicted octanol–water partition coefficient (Wildman–Crippen LogP) is 2.04. The maximum Gasteiger partial charge on any atom is 0.272 e. The Labute approximate surface area is 142 Å². The predicted molar refractivity (Wildman–Crippen MR) is 94.1 cm³/mol. The van der Waals surface area contributed by atoms with Crippen LogP contribution in [0.25, 0.3) is 10.9 Å². The Hall–Kier alpha value is -1.92. The summed E-state index contributed by atoms with van der Waals surface area (Å²) in [6.07, 6.45) is 1.06. The summed E-state index contributed by atoms with van der Waals surface area (Å²) in [5, 5.41) is 11.0. The van der Waals surface area contributed by atoms with Gasteiger partial charge in [-0.3, -0.25) is 14.8 Å². The van der Waals surface area contributed by atoms with Crippen molar-refractivity contribution < 1.29 is 9.53 Å². The molecule has 24 heavy (non-hydrogen) atoms. The van der Waals surface area contributed by atoms with Gasteiger partial charge in [-0.05, 0) is 18.4 Å². The van der Waals surface area contributed by atoms with E-state index in [0.29, 0.717) is 24.2 Å². The standard InChI is InChI=1S/C18H26N4O2/c1-13(2)11-14(22-7-9-24-10-8-22)12-19-18(23)17-15-5-3-4-6-16(15)20-21-17/h3-6,13-14H,7-12H2,1-2H3,(H,19,23)(H,20,21)/t14-/m1/s1. The molecule has 0 bridgehead atoms. The van der Waals surface area contributed by atoms with Crippen LogP contribution in [0.1, 0.15) is 30.8 Å². The average molecular weight is 330 g/mol. The summed E-state index contributed by atoms with van der Waals surface area (Å²) in [4.78, 5) is 15.0. The molecular formula is C18H26N4O2. The molecule has 1 aromatic carbocycles. The van der Waals surface area contributed by atoms with Crippen LogP contribution in [0.5, 0.6) is 0 Å². The largest absolute Gasteiger partial charge is 0.379 e. The van der Waals surface area contributed by atoms with E-state index in [9.17, 15) is 4.79 Å². The van der Waals surface area contributed by atoms with E-state index in [1.807, 2.05) is 24.3 Å². The molecule has 0 saturated carbocycles. The summed E-state index contributed by atoms with van der Waals surface area (Å²) in [5.41, 5.74) is 1.35. The van der Waals surface area contributed by atoms with Crippen molar-refractivity contribution in [2.24, 2.45) is 5.92 Å². The van der Waals surface area contributed by atoms with E-state index in [4.69, 9.17) is 4.74 Å². The molecule has 3 rings (SSSR count). The first-order valence-corrected chi connectivity index (χ1v) is 8.68. The smallest absolute Gasteiger partial charge is 0.272 e. The van der Waals surface area contributed by atoms with E-state index in [1.54, 1.807) is 0 Å². The number of aromatic nitrogens is 2. The Morgan fingerprint density at radius 2 is 2.08 bits per heavy atom. The molecule has 0 aliphatic carbocycles. The van der Waals surface area contributed by atoms with Gasteiger partial charge < -0.3 is 10.1 Å². The molecule has 1 aliphatic rings.